The SMILES string of the molecule is CCN1C(=O)/C(=C/C=C2/Sc3ccc(Cl)cc3N2C)SC1=Nc1ccccc1C. The van der Waals surface area contributed by atoms with Gasteiger partial charge in [0.25, 0.3) is 5.91 Å². The van der Waals surface area contributed by atoms with Crippen LogP contribution < -0.4 is 4.90 Å². The van der Waals surface area contributed by atoms with E-state index in [1.807, 2.05) is 75.5 Å². The summed E-state index contributed by atoms with van der Waals surface area (Å²) in [5.41, 5.74) is 3.05. The Kier molecular flexibility index (Phi) is 5.76. The molecule has 2 aromatic rings. The summed E-state index contributed by atoms with van der Waals surface area (Å²) in [6.45, 7) is 4.58. The van der Waals surface area contributed by atoms with Crippen molar-refractivity contribution in [2.24, 2.45) is 4.99 Å². The third kappa shape index (κ3) is 3.97. The first-order valence-corrected chi connectivity index (χ1v) is 11.3. The molecule has 0 aliphatic carbocycles. The zero-order chi connectivity index (χ0) is 20.5. The summed E-state index contributed by atoms with van der Waals surface area (Å²) in [5.74, 6) is -0.00658. The summed E-state index contributed by atoms with van der Waals surface area (Å²) in [4.78, 5) is 23.2. The number of hydrogen-bond donors (Lipinski definition) is 0. The van der Waals surface area contributed by atoms with Crippen LogP contribution in [0.4, 0.5) is 11.4 Å². The number of aryl methyl sites for hydroxylation is 1. The highest BCUT2D eigenvalue weighted by atomic mass is 35.5. The molecule has 0 N–H and O–H groups in total. The number of benzene rings is 2. The first kappa shape index (κ1) is 20.1. The van der Waals surface area contributed by atoms with Crippen molar-refractivity contribution in [1.82, 2.24) is 4.90 Å². The van der Waals surface area contributed by atoms with Gasteiger partial charge in [0.1, 0.15) is 0 Å². The van der Waals surface area contributed by atoms with Crippen LogP contribution in [-0.4, -0.2) is 29.6 Å². The highest BCUT2D eigenvalue weighted by Crippen LogP contribution is 2.46. The van der Waals surface area contributed by atoms with Gasteiger partial charge in [-0.1, -0.05) is 41.6 Å². The fourth-order valence-electron chi connectivity index (χ4n) is 3.11. The van der Waals surface area contributed by atoms with Gasteiger partial charge in [0.05, 0.1) is 21.3 Å². The number of thioether (sulfide) groups is 2. The molecule has 2 aliphatic heterocycles. The van der Waals surface area contributed by atoms with E-state index in [-0.39, 0.29) is 5.91 Å². The number of aliphatic imine (C=N–C) groups is 1. The van der Waals surface area contributed by atoms with Crippen molar-refractivity contribution in [3.8, 4) is 0 Å². The minimum absolute atomic E-state index is 0.00658. The fraction of sp³-hybridized carbons (Fsp3) is 0.182. The van der Waals surface area contributed by atoms with E-state index in [4.69, 9.17) is 16.6 Å². The van der Waals surface area contributed by atoms with Crippen molar-refractivity contribution < 1.29 is 4.79 Å². The Bertz CT molecular complexity index is 1080. The van der Waals surface area contributed by atoms with Gasteiger partial charge in [0.15, 0.2) is 5.17 Å². The first-order chi connectivity index (χ1) is 14.0. The lowest BCUT2D eigenvalue weighted by atomic mass is 10.2. The molecule has 0 unspecified atom stereocenters. The van der Waals surface area contributed by atoms with E-state index < -0.39 is 0 Å². The molecular formula is C22H20ClN3OS2. The monoisotopic (exact) mass is 441 g/mol. The molecule has 2 heterocycles. The molecule has 0 bridgehead atoms. The molecule has 0 saturated carbocycles. The largest absolute Gasteiger partial charge is 0.338 e. The quantitative estimate of drug-likeness (QED) is 0.531. The summed E-state index contributed by atoms with van der Waals surface area (Å²) < 4.78 is 0. The Hall–Kier alpha value is -2.15. The zero-order valence-corrected chi connectivity index (χ0v) is 18.7. The summed E-state index contributed by atoms with van der Waals surface area (Å²) in [5, 5.41) is 2.49. The number of hydrogen-bond acceptors (Lipinski definition) is 5. The lowest BCUT2D eigenvalue weighted by Gasteiger charge is -2.13. The van der Waals surface area contributed by atoms with Crippen LogP contribution in [0.1, 0.15) is 12.5 Å². The van der Waals surface area contributed by atoms with Gasteiger partial charge >= 0.3 is 0 Å². The Morgan fingerprint density at radius 3 is 2.69 bits per heavy atom. The highest BCUT2D eigenvalue weighted by Gasteiger charge is 2.32. The van der Waals surface area contributed by atoms with Crippen molar-refractivity contribution in [3.05, 3.63) is 75.1 Å². The number of amidine groups is 1. The number of rotatable bonds is 3. The molecule has 1 fully saturated rings. The van der Waals surface area contributed by atoms with Crippen LogP contribution in [0.2, 0.25) is 5.02 Å². The molecule has 29 heavy (non-hydrogen) atoms. The molecule has 148 valence electrons. The van der Waals surface area contributed by atoms with E-state index in [1.54, 1.807) is 16.7 Å². The molecule has 0 aromatic heterocycles. The average Bonchev–Trinajstić information content (AvgIpc) is 3.18. The van der Waals surface area contributed by atoms with Crippen LogP contribution in [-0.2, 0) is 4.79 Å². The van der Waals surface area contributed by atoms with E-state index in [1.165, 1.54) is 11.8 Å². The topological polar surface area (TPSA) is 35.9 Å². The van der Waals surface area contributed by atoms with Crippen LogP contribution in [0.15, 0.2) is 74.4 Å². The summed E-state index contributed by atoms with van der Waals surface area (Å²) >= 11 is 9.22. The average molecular weight is 442 g/mol. The molecule has 0 atom stereocenters. The van der Waals surface area contributed by atoms with Gasteiger partial charge in [0, 0.05) is 23.5 Å². The van der Waals surface area contributed by atoms with E-state index in [2.05, 4.69) is 4.90 Å². The second-order valence-corrected chi connectivity index (χ2v) is 9.15. The highest BCUT2D eigenvalue weighted by molar-refractivity contribution is 8.18. The Balaban J connectivity index is 1.61. The molecule has 1 amide bonds. The van der Waals surface area contributed by atoms with Crippen molar-refractivity contribution in [1.29, 1.82) is 0 Å². The molecule has 4 nitrogen and oxygen atoms in total. The molecule has 2 aromatic carbocycles. The number of carbonyl (C=O) groups is 1. The maximum absolute atomic E-state index is 12.9. The number of halogens is 1. The van der Waals surface area contributed by atoms with Crippen LogP contribution in [0.25, 0.3) is 0 Å². The summed E-state index contributed by atoms with van der Waals surface area (Å²) in [7, 11) is 2.01. The molecule has 4 rings (SSSR count). The van der Waals surface area contributed by atoms with Crippen LogP contribution in [0, 0.1) is 6.92 Å². The second kappa shape index (κ2) is 8.30. The Morgan fingerprint density at radius 1 is 1.14 bits per heavy atom. The van der Waals surface area contributed by atoms with Crippen molar-refractivity contribution in [2.45, 2.75) is 18.7 Å². The van der Waals surface area contributed by atoms with Gasteiger partial charge in [-0.15, -0.1) is 0 Å². The molecule has 0 spiro atoms. The van der Waals surface area contributed by atoms with E-state index in [9.17, 15) is 4.79 Å². The molecule has 7 heteroatoms. The van der Waals surface area contributed by atoms with Gasteiger partial charge < -0.3 is 4.90 Å². The van der Waals surface area contributed by atoms with E-state index in [0.717, 1.165) is 32.0 Å². The predicted molar refractivity (Wildman–Crippen MR) is 125 cm³/mol. The van der Waals surface area contributed by atoms with Gasteiger partial charge in [-0.25, -0.2) is 4.99 Å². The van der Waals surface area contributed by atoms with E-state index >= 15 is 0 Å². The first-order valence-electron chi connectivity index (χ1n) is 9.25. The third-order valence-corrected chi connectivity index (χ3v) is 7.18. The van der Waals surface area contributed by atoms with Gasteiger partial charge in [-0.3, -0.25) is 9.69 Å². The molecular weight excluding hydrogens is 422 g/mol. The molecule has 0 radical (unpaired) electrons. The zero-order valence-electron chi connectivity index (χ0n) is 16.3. The van der Waals surface area contributed by atoms with Gasteiger partial charge in [-0.05, 0) is 67.6 Å². The molecule has 1 saturated heterocycles. The lowest BCUT2D eigenvalue weighted by molar-refractivity contribution is -0.122. The van der Waals surface area contributed by atoms with Crippen LogP contribution in [0.5, 0.6) is 0 Å². The summed E-state index contributed by atoms with van der Waals surface area (Å²) in [6, 6.07) is 13.8. The third-order valence-electron chi connectivity index (χ3n) is 4.74. The van der Waals surface area contributed by atoms with Crippen LogP contribution >= 0.6 is 35.1 Å². The lowest BCUT2D eigenvalue weighted by Crippen LogP contribution is -2.28. The number of para-hydroxylation sites is 1. The number of nitrogens with zero attached hydrogens (tertiary/aromatic N) is 3. The predicted octanol–water partition coefficient (Wildman–Crippen LogP) is 6.20. The number of allylic oxidation sites excluding steroid dienone is 2. The maximum Gasteiger partial charge on any atom is 0.266 e. The van der Waals surface area contributed by atoms with Crippen molar-refractivity contribution in [3.63, 3.8) is 0 Å². The number of carbonyl (C=O) groups excluding carboxylic acids is 1. The normalized spacial score (nSPS) is 20.4. The number of fused-ring (bicyclic) bond motifs is 1. The number of amides is 1. The Labute approximate surface area is 184 Å². The van der Waals surface area contributed by atoms with E-state index in [0.29, 0.717) is 16.5 Å². The minimum atomic E-state index is -0.00658. The number of anilines is 1. The minimum Gasteiger partial charge on any atom is -0.338 e. The number of likely N-dealkylation sites (N-methyl/N-ethyl adjacent to an activating group) is 1. The van der Waals surface area contributed by atoms with Crippen molar-refractivity contribution in [2.75, 3.05) is 18.5 Å². The van der Waals surface area contributed by atoms with Gasteiger partial charge in [0.2, 0.25) is 0 Å². The second-order valence-electron chi connectivity index (χ2n) is 6.64. The summed E-state index contributed by atoms with van der Waals surface area (Å²) in [6.07, 6.45) is 3.88. The fourth-order valence-corrected chi connectivity index (χ4v) is 5.30. The standard InChI is InChI=1S/C22H20ClN3OS2/c1-4-26-21(27)19(29-22(26)24-16-8-6-5-7-14(16)2)11-12-20-25(3)17-13-15(23)9-10-18(17)28-20/h5-13H,4H2,1-3H3/b19-11-,20-12+,24-22?. The molecule has 2 aliphatic rings. The van der Waals surface area contributed by atoms with Crippen molar-refractivity contribution >= 4 is 57.6 Å². The Morgan fingerprint density at radius 2 is 1.93 bits per heavy atom. The van der Waals surface area contributed by atoms with Crippen LogP contribution in [0.3, 0.4) is 0 Å². The maximum atomic E-state index is 12.9. The van der Waals surface area contributed by atoms with Gasteiger partial charge in [-0.2, -0.15) is 0 Å². The smallest absolute Gasteiger partial charge is 0.266 e.